The Balaban J connectivity index is 2.05. The van der Waals surface area contributed by atoms with E-state index >= 15 is 0 Å². The molecule has 17 heavy (non-hydrogen) atoms. The van der Waals surface area contributed by atoms with Crippen LogP contribution in [0.5, 0.6) is 23.0 Å². The summed E-state index contributed by atoms with van der Waals surface area (Å²) in [4.78, 5) is 0. The number of rotatable bonds is 2. The Hall–Kier alpha value is -2.00. The molecule has 0 saturated carbocycles. The largest absolute Gasteiger partial charge is 0.450 e. The van der Waals surface area contributed by atoms with Crippen LogP contribution in [-0.2, 0) is 6.42 Å². The van der Waals surface area contributed by atoms with Gasteiger partial charge in [-0.05, 0) is 36.7 Å². The lowest BCUT2D eigenvalue weighted by Crippen LogP contribution is -2.06. The minimum Gasteiger partial charge on any atom is -0.450 e. The fourth-order valence-electron chi connectivity index (χ4n) is 1.96. The molecule has 0 atom stereocenters. The lowest BCUT2D eigenvalue weighted by molar-refractivity contribution is 0.356. The van der Waals surface area contributed by atoms with Gasteiger partial charge in [0, 0.05) is 0 Å². The molecule has 0 aliphatic carbocycles. The van der Waals surface area contributed by atoms with E-state index in [-0.39, 0.29) is 0 Å². The van der Waals surface area contributed by atoms with E-state index in [2.05, 4.69) is 0 Å². The van der Waals surface area contributed by atoms with Crippen molar-refractivity contribution in [2.75, 3.05) is 6.54 Å². The van der Waals surface area contributed by atoms with Crippen molar-refractivity contribution in [3.63, 3.8) is 0 Å². The average molecular weight is 227 g/mol. The van der Waals surface area contributed by atoms with Crippen molar-refractivity contribution >= 4 is 0 Å². The van der Waals surface area contributed by atoms with Gasteiger partial charge in [-0.1, -0.05) is 24.3 Å². The highest BCUT2D eigenvalue weighted by Gasteiger charge is 2.20. The maximum atomic E-state index is 5.88. The third kappa shape index (κ3) is 1.74. The van der Waals surface area contributed by atoms with Gasteiger partial charge in [-0.15, -0.1) is 0 Å². The average Bonchev–Trinajstić information content (AvgIpc) is 2.37. The minimum absolute atomic E-state index is 0.599. The second-order valence-electron chi connectivity index (χ2n) is 3.93. The highest BCUT2D eigenvalue weighted by Crippen LogP contribution is 2.46. The molecule has 0 amide bonds. The topological polar surface area (TPSA) is 44.5 Å². The first kappa shape index (κ1) is 10.2. The Morgan fingerprint density at radius 3 is 2.29 bits per heavy atom. The zero-order chi connectivity index (χ0) is 11.7. The Morgan fingerprint density at radius 1 is 0.824 bits per heavy atom. The summed E-state index contributed by atoms with van der Waals surface area (Å²) in [6.07, 6.45) is 0.786. The second-order valence-corrected chi connectivity index (χ2v) is 3.93. The van der Waals surface area contributed by atoms with Crippen LogP contribution in [0.25, 0.3) is 0 Å². The van der Waals surface area contributed by atoms with E-state index in [9.17, 15) is 0 Å². The number of fused-ring (bicyclic) bond motifs is 2. The van der Waals surface area contributed by atoms with Crippen molar-refractivity contribution in [1.82, 2.24) is 0 Å². The van der Waals surface area contributed by atoms with Crippen LogP contribution < -0.4 is 15.2 Å². The van der Waals surface area contributed by atoms with Gasteiger partial charge in [0.25, 0.3) is 0 Å². The Morgan fingerprint density at radius 2 is 1.53 bits per heavy atom. The second kappa shape index (κ2) is 4.11. The molecular formula is C14H13NO2. The third-order valence-electron chi connectivity index (χ3n) is 2.76. The fourth-order valence-corrected chi connectivity index (χ4v) is 1.96. The summed E-state index contributed by atoms with van der Waals surface area (Å²) < 4.78 is 11.7. The lowest BCUT2D eigenvalue weighted by atomic mass is 10.1. The van der Waals surface area contributed by atoms with E-state index in [0.717, 1.165) is 35.0 Å². The van der Waals surface area contributed by atoms with E-state index in [1.165, 1.54) is 0 Å². The van der Waals surface area contributed by atoms with Crippen LogP contribution in [0.4, 0.5) is 0 Å². The molecule has 1 aliphatic rings. The van der Waals surface area contributed by atoms with Gasteiger partial charge in [0.15, 0.2) is 23.0 Å². The van der Waals surface area contributed by atoms with Crippen molar-refractivity contribution in [2.24, 2.45) is 5.73 Å². The minimum atomic E-state index is 0.599. The number of ether oxygens (including phenoxy) is 2. The van der Waals surface area contributed by atoms with E-state index in [0.29, 0.717) is 6.54 Å². The first-order valence-corrected chi connectivity index (χ1v) is 5.65. The highest BCUT2D eigenvalue weighted by atomic mass is 16.6. The van der Waals surface area contributed by atoms with Crippen molar-refractivity contribution in [3.8, 4) is 23.0 Å². The molecule has 0 unspecified atom stereocenters. The number of hydrogen-bond acceptors (Lipinski definition) is 3. The first-order chi connectivity index (χ1) is 8.38. The zero-order valence-electron chi connectivity index (χ0n) is 9.35. The summed E-state index contributed by atoms with van der Waals surface area (Å²) in [5.41, 5.74) is 6.67. The van der Waals surface area contributed by atoms with Crippen LogP contribution in [0.15, 0.2) is 42.5 Å². The molecule has 2 aromatic rings. The summed E-state index contributed by atoms with van der Waals surface area (Å²) in [6.45, 7) is 0.599. The van der Waals surface area contributed by atoms with Crippen molar-refractivity contribution in [2.45, 2.75) is 6.42 Å². The Kier molecular flexibility index (Phi) is 2.46. The van der Waals surface area contributed by atoms with Gasteiger partial charge in [-0.2, -0.15) is 0 Å². The molecule has 1 heterocycles. The summed E-state index contributed by atoms with van der Waals surface area (Å²) in [7, 11) is 0. The molecule has 3 nitrogen and oxygen atoms in total. The third-order valence-corrected chi connectivity index (χ3v) is 2.76. The zero-order valence-corrected chi connectivity index (χ0v) is 9.35. The van der Waals surface area contributed by atoms with Crippen LogP contribution in [0, 0.1) is 0 Å². The van der Waals surface area contributed by atoms with Crippen molar-refractivity contribution < 1.29 is 9.47 Å². The van der Waals surface area contributed by atoms with Crippen molar-refractivity contribution in [1.29, 1.82) is 0 Å². The smallest absolute Gasteiger partial charge is 0.173 e. The SMILES string of the molecule is NCCc1cccc2c1Oc1ccccc1O2. The first-order valence-electron chi connectivity index (χ1n) is 5.65. The summed E-state index contributed by atoms with van der Waals surface area (Å²) >= 11 is 0. The summed E-state index contributed by atoms with van der Waals surface area (Å²) in [5.74, 6) is 3.06. The van der Waals surface area contributed by atoms with Crippen LogP contribution in [0.2, 0.25) is 0 Å². The lowest BCUT2D eigenvalue weighted by Gasteiger charge is -2.22. The quantitative estimate of drug-likeness (QED) is 0.731. The molecule has 3 rings (SSSR count). The summed E-state index contributed by atoms with van der Waals surface area (Å²) in [6, 6.07) is 13.5. The van der Waals surface area contributed by atoms with E-state index in [4.69, 9.17) is 15.2 Å². The van der Waals surface area contributed by atoms with Gasteiger partial charge in [-0.25, -0.2) is 0 Å². The molecule has 0 aromatic heterocycles. The molecule has 0 fully saturated rings. The van der Waals surface area contributed by atoms with E-state index < -0.39 is 0 Å². The van der Waals surface area contributed by atoms with Gasteiger partial charge in [-0.3, -0.25) is 0 Å². The molecule has 2 N–H and O–H groups in total. The van der Waals surface area contributed by atoms with Crippen LogP contribution in [-0.4, -0.2) is 6.54 Å². The van der Waals surface area contributed by atoms with Crippen LogP contribution in [0.3, 0.4) is 0 Å². The predicted molar refractivity (Wildman–Crippen MR) is 65.8 cm³/mol. The molecule has 1 aliphatic heterocycles. The maximum absolute atomic E-state index is 5.88. The number of benzene rings is 2. The van der Waals surface area contributed by atoms with Gasteiger partial charge < -0.3 is 15.2 Å². The van der Waals surface area contributed by atoms with Crippen molar-refractivity contribution in [3.05, 3.63) is 48.0 Å². The van der Waals surface area contributed by atoms with Crippen LogP contribution in [0.1, 0.15) is 5.56 Å². The molecule has 0 saturated heterocycles. The molecular weight excluding hydrogens is 214 g/mol. The molecule has 0 spiro atoms. The Labute approximate surface area is 99.8 Å². The van der Waals surface area contributed by atoms with E-state index in [1.54, 1.807) is 0 Å². The number of hydrogen-bond donors (Lipinski definition) is 1. The Bertz CT molecular complexity index is 552. The molecule has 0 bridgehead atoms. The number of nitrogens with two attached hydrogens (primary N) is 1. The van der Waals surface area contributed by atoms with Gasteiger partial charge in [0.2, 0.25) is 0 Å². The number of para-hydroxylation sites is 3. The highest BCUT2D eigenvalue weighted by molar-refractivity contribution is 5.57. The van der Waals surface area contributed by atoms with Crippen LogP contribution >= 0.6 is 0 Å². The molecule has 0 radical (unpaired) electrons. The van der Waals surface area contributed by atoms with Gasteiger partial charge in [0.1, 0.15) is 0 Å². The van der Waals surface area contributed by atoms with Gasteiger partial charge >= 0.3 is 0 Å². The molecule has 86 valence electrons. The fraction of sp³-hybridized carbons (Fsp3) is 0.143. The molecule has 3 heteroatoms. The normalized spacial score (nSPS) is 12.1. The molecule has 2 aromatic carbocycles. The van der Waals surface area contributed by atoms with E-state index in [1.807, 2.05) is 42.5 Å². The summed E-state index contributed by atoms with van der Waals surface area (Å²) in [5, 5.41) is 0. The standard InChI is InChI=1S/C14H13NO2/c15-9-8-10-4-3-7-13-14(10)17-12-6-2-1-5-11(12)16-13/h1-7H,8-9,15H2. The maximum Gasteiger partial charge on any atom is 0.173 e. The van der Waals surface area contributed by atoms with Gasteiger partial charge in [0.05, 0.1) is 0 Å². The monoisotopic (exact) mass is 227 g/mol. The predicted octanol–water partition coefficient (Wildman–Crippen LogP) is 3.09.